The summed E-state index contributed by atoms with van der Waals surface area (Å²) in [6.45, 7) is 8.22. The number of ether oxygens (including phenoxy) is 5. The van der Waals surface area contributed by atoms with Gasteiger partial charge in [-0.3, -0.25) is 4.79 Å². The molecule has 0 unspecified atom stereocenters. The first-order valence-electron chi connectivity index (χ1n) is 16.6. The molecule has 10 atom stereocenters. The number of carbonyl (C=O) groups excluding carboxylic acids is 2. The van der Waals surface area contributed by atoms with Gasteiger partial charge in [0.25, 0.3) is 0 Å². The van der Waals surface area contributed by atoms with E-state index in [1.165, 1.54) is 11.6 Å². The molecule has 2 bridgehead atoms. The first-order chi connectivity index (χ1) is 22.0. The average Bonchev–Trinajstić information content (AvgIpc) is 3.66. The summed E-state index contributed by atoms with van der Waals surface area (Å²) in [5, 5.41) is 23.7. The minimum Gasteiger partial charge on any atom is -0.462 e. The molecule has 3 N–H and O–H groups in total. The van der Waals surface area contributed by atoms with Gasteiger partial charge in [-0.25, -0.2) is 4.79 Å². The molecule has 46 heavy (non-hydrogen) atoms. The Labute approximate surface area is 270 Å². The highest BCUT2D eigenvalue weighted by Gasteiger charge is 2.60. The minimum absolute atomic E-state index is 0.00422. The number of esters is 2. The van der Waals surface area contributed by atoms with Crippen LogP contribution >= 0.6 is 0 Å². The molecule has 1 spiro atoms. The van der Waals surface area contributed by atoms with E-state index in [2.05, 4.69) is 44.8 Å². The van der Waals surface area contributed by atoms with Gasteiger partial charge in [0.1, 0.15) is 42.1 Å². The number of aliphatic hydroxyl groups excluding tert-OH is 1. The monoisotopic (exact) mass is 637 g/mol. The fourth-order valence-electron chi connectivity index (χ4n) is 7.58. The number of aliphatic hydroxyl groups is 2. The van der Waals surface area contributed by atoms with Crippen molar-refractivity contribution < 1.29 is 43.5 Å². The number of allylic oxidation sites excluding steroid dienone is 4. The molecule has 1 aromatic rings. The van der Waals surface area contributed by atoms with Crippen LogP contribution in [-0.4, -0.2) is 82.3 Å². The molecule has 1 aromatic heterocycles. The van der Waals surface area contributed by atoms with Crippen molar-refractivity contribution >= 4 is 11.9 Å². The molecule has 5 heterocycles. The van der Waals surface area contributed by atoms with Crippen molar-refractivity contribution in [2.45, 2.75) is 108 Å². The molecule has 6 rings (SSSR count). The van der Waals surface area contributed by atoms with Gasteiger partial charge in [0, 0.05) is 25.5 Å². The van der Waals surface area contributed by atoms with Crippen molar-refractivity contribution in [2.24, 2.45) is 17.8 Å². The molecule has 3 saturated heterocycles. The largest absolute Gasteiger partial charge is 0.462 e. The van der Waals surface area contributed by atoms with Gasteiger partial charge in [-0.15, -0.1) is 0 Å². The Kier molecular flexibility index (Phi) is 9.47. The zero-order chi connectivity index (χ0) is 32.6. The minimum atomic E-state index is -1.86. The molecule has 1 aliphatic carbocycles. The van der Waals surface area contributed by atoms with E-state index in [0.29, 0.717) is 37.2 Å². The molecule has 250 valence electrons. The Hall–Kier alpha value is -3.02. The predicted octanol–water partition coefficient (Wildman–Crippen LogP) is 4.70. The van der Waals surface area contributed by atoms with Gasteiger partial charge in [-0.2, -0.15) is 0 Å². The first-order valence-corrected chi connectivity index (χ1v) is 16.6. The van der Waals surface area contributed by atoms with Gasteiger partial charge in [-0.1, -0.05) is 49.8 Å². The standard InChI is InChI=1S/C36H47NO9/c1-21-7-5-8-26-20-42-32-31(38)25(19-43-34(40)30-9-6-14-37-30)16-29(36(26,32)41)33(39)44-28-17-27(11-10-22(2)15-21)46-35(18-28)13-12-23(3)24(4)45-35/h5-10,14,16,21,23-24,27-29,31-32,37-38,41H,11-13,15,17-20H2,1-4H3/b7-5+,22-10-,26-8+/t21-,23-,24+,27+,28-,29-,31+,32+,35-,36+/m0/s1. The van der Waals surface area contributed by atoms with E-state index >= 15 is 0 Å². The second-order valence-corrected chi connectivity index (χ2v) is 13.9. The number of aromatic amines is 1. The maximum absolute atomic E-state index is 14.2. The topological polar surface area (TPSA) is 137 Å². The Morgan fingerprint density at radius 2 is 2.02 bits per heavy atom. The molecule has 5 aliphatic rings. The molecule has 3 fully saturated rings. The average molecular weight is 638 g/mol. The quantitative estimate of drug-likeness (QED) is 0.318. The molecule has 4 aliphatic heterocycles. The van der Waals surface area contributed by atoms with E-state index in [1.807, 2.05) is 6.08 Å². The summed E-state index contributed by atoms with van der Waals surface area (Å²) in [6, 6.07) is 3.26. The summed E-state index contributed by atoms with van der Waals surface area (Å²) in [5.74, 6) is -2.70. The second kappa shape index (κ2) is 13.2. The van der Waals surface area contributed by atoms with Crippen LogP contribution in [0.2, 0.25) is 0 Å². The Bertz CT molecular complexity index is 1410. The number of fused-ring (bicyclic) bond motifs is 2. The molecular formula is C36H47NO9. The Balaban J connectivity index is 1.34. The molecule has 10 heteroatoms. The van der Waals surface area contributed by atoms with Crippen LogP contribution in [0, 0.1) is 17.8 Å². The summed E-state index contributed by atoms with van der Waals surface area (Å²) in [4.78, 5) is 29.6. The third-order valence-electron chi connectivity index (χ3n) is 10.4. The number of aromatic nitrogens is 1. The third kappa shape index (κ3) is 6.55. The number of hydrogen-bond donors (Lipinski definition) is 3. The third-order valence-corrected chi connectivity index (χ3v) is 10.4. The van der Waals surface area contributed by atoms with E-state index < -0.39 is 47.6 Å². The molecule has 0 radical (unpaired) electrons. The summed E-state index contributed by atoms with van der Waals surface area (Å²) in [6.07, 6.45) is 11.9. The van der Waals surface area contributed by atoms with Crippen LogP contribution in [0.4, 0.5) is 0 Å². The van der Waals surface area contributed by atoms with Crippen LogP contribution in [0.25, 0.3) is 0 Å². The van der Waals surface area contributed by atoms with Gasteiger partial charge >= 0.3 is 11.9 Å². The fraction of sp³-hybridized carbons (Fsp3) is 0.611. The number of H-pyrrole nitrogens is 1. The Morgan fingerprint density at radius 3 is 2.78 bits per heavy atom. The van der Waals surface area contributed by atoms with E-state index in [9.17, 15) is 19.8 Å². The van der Waals surface area contributed by atoms with Gasteiger partial charge in [0.15, 0.2) is 5.79 Å². The summed E-state index contributed by atoms with van der Waals surface area (Å²) >= 11 is 0. The van der Waals surface area contributed by atoms with Crippen molar-refractivity contribution in [3.05, 3.63) is 71.1 Å². The van der Waals surface area contributed by atoms with E-state index in [4.69, 9.17) is 23.7 Å². The van der Waals surface area contributed by atoms with Crippen molar-refractivity contribution in [3.8, 4) is 0 Å². The van der Waals surface area contributed by atoms with Crippen LogP contribution in [0.15, 0.2) is 65.4 Å². The number of hydrogen-bond acceptors (Lipinski definition) is 9. The predicted molar refractivity (Wildman–Crippen MR) is 168 cm³/mol. The lowest BCUT2D eigenvalue weighted by Crippen LogP contribution is -2.58. The highest BCUT2D eigenvalue weighted by atomic mass is 16.7. The molecule has 0 amide bonds. The number of carbonyl (C=O) groups is 2. The van der Waals surface area contributed by atoms with Crippen LogP contribution in [0.5, 0.6) is 0 Å². The molecule has 0 aromatic carbocycles. The van der Waals surface area contributed by atoms with Crippen molar-refractivity contribution in [1.29, 1.82) is 0 Å². The first kappa shape index (κ1) is 32.9. The lowest BCUT2D eigenvalue weighted by molar-refractivity contribution is -0.332. The van der Waals surface area contributed by atoms with Crippen molar-refractivity contribution in [2.75, 3.05) is 13.2 Å². The van der Waals surface area contributed by atoms with Gasteiger partial charge < -0.3 is 38.9 Å². The smallest absolute Gasteiger partial charge is 0.355 e. The molecule has 0 saturated carbocycles. The van der Waals surface area contributed by atoms with Gasteiger partial charge in [0.05, 0.1) is 18.8 Å². The van der Waals surface area contributed by atoms with Crippen LogP contribution in [0.1, 0.15) is 76.7 Å². The van der Waals surface area contributed by atoms with Crippen LogP contribution < -0.4 is 0 Å². The summed E-state index contributed by atoms with van der Waals surface area (Å²) in [5.41, 5.74) is 0.374. The SMILES string of the molecule is C/C1=C/C[C@@H]2C[C@@H](C[C@]3(CC[C@H](C)[C@@H](C)O3)O2)OC(=O)[C@@H]2C=C(COC(=O)c3ccc[nH]3)[C@@H](O)[C@H]3OC/C(=C\C=C\[C@H](C)C1)[C@]32O. The highest BCUT2D eigenvalue weighted by molar-refractivity contribution is 5.87. The number of rotatable bonds is 3. The fourth-order valence-corrected chi connectivity index (χ4v) is 7.58. The second-order valence-electron chi connectivity index (χ2n) is 13.9. The zero-order valence-corrected chi connectivity index (χ0v) is 27.1. The molecule has 10 nitrogen and oxygen atoms in total. The van der Waals surface area contributed by atoms with E-state index in [1.54, 1.807) is 24.4 Å². The van der Waals surface area contributed by atoms with Crippen LogP contribution in [0.3, 0.4) is 0 Å². The maximum atomic E-state index is 14.2. The summed E-state index contributed by atoms with van der Waals surface area (Å²) in [7, 11) is 0. The normalized spacial score (nSPS) is 42.9. The lowest BCUT2D eigenvalue weighted by atomic mass is 9.70. The number of nitrogens with one attached hydrogen (secondary N) is 1. The lowest BCUT2D eigenvalue weighted by Gasteiger charge is -2.49. The van der Waals surface area contributed by atoms with Crippen molar-refractivity contribution in [3.63, 3.8) is 0 Å². The van der Waals surface area contributed by atoms with Crippen molar-refractivity contribution in [1.82, 2.24) is 4.98 Å². The van der Waals surface area contributed by atoms with E-state index in [-0.39, 0.29) is 42.6 Å². The zero-order valence-electron chi connectivity index (χ0n) is 27.1. The van der Waals surface area contributed by atoms with Gasteiger partial charge in [0.2, 0.25) is 0 Å². The summed E-state index contributed by atoms with van der Waals surface area (Å²) < 4.78 is 30.9. The van der Waals surface area contributed by atoms with Gasteiger partial charge in [-0.05, 0) is 68.2 Å². The van der Waals surface area contributed by atoms with Crippen LogP contribution in [-0.2, 0) is 28.5 Å². The Morgan fingerprint density at radius 1 is 1.20 bits per heavy atom. The maximum Gasteiger partial charge on any atom is 0.355 e. The highest BCUT2D eigenvalue weighted by Crippen LogP contribution is 2.47. The molecular weight excluding hydrogens is 590 g/mol. The van der Waals surface area contributed by atoms with E-state index in [0.717, 1.165) is 12.8 Å².